The second kappa shape index (κ2) is 8.53. The fraction of sp³-hybridized carbons (Fsp3) is 0.292. The largest absolute Gasteiger partial charge is 0.508 e. The Hall–Kier alpha value is -3.05. The Morgan fingerprint density at radius 2 is 1.83 bits per heavy atom. The molecular formula is C24H26N2O3. The summed E-state index contributed by atoms with van der Waals surface area (Å²) in [6.07, 6.45) is 1.79. The lowest BCUT2D eigenvalue weighted by atomic mass is 10.00. The molecule has 0 atom stereocenters. The lowest BCUT2D eigenvalue weighted by Crippen LogP contribution is -2.44. The molecule has 29 heavy (non-hydrogen) atoms. The third-order valence-corrected chi connectivity index (χ3v) is 5.66. The fourth-order valence-electron chi connectivity index (χ4n) is 3.96. The molecule has 4 rings (SSSR count). The van der Waals surface area contributed by atoms with Crippen molar-refractivity contribution in [3.63, 3.8) is 0 Å². The van der Waals surface area contributed by atoms with Gasteiger partial charge in [-0.1, -0.05) is 30.3 Å². The van der Waals surface area contributed by atoms with Gasteiger partial charge in [-0.05, 0) is 53.9 Å². The minimum absolute atomic E-state index is 0.0113. The van der Waals surface area contributed by atoms with E-state index in [0.717, 1.165) is 48.0 Å². The molecule has 0 aromatic heterocycles. The second-order valence-corrected chi connectivity index (χ2v) is 7.54. The van der Waals surface area contributed by atoms with Gasteiger partial charge in [0.05, 0.1) is 7.11 Å². The lowest BCUT2D eigenvalue weighted by Gasteiger charge is -2.32. The number of hydrogen-bond acceptors (Lipinski definition) is 4. The number of piperidine rings is 1. The van der Waals surface area contributed by atoms with Crippen LogP contribution in [0.1, 0.15) is 28.8 Å². The summed E-state index contributed by atoms with van der Waals surface area (Å²) in [5, 5.41) is 15.7. The number of phenolic OH excluding ortho intramolecular Hbond substituents is 1. The zero-order valence-electron chi connectivity index (χ0n) is 16.6. The van der Waals surface area contributed by atoms with E-state index in [1.165, 1.54) is 0 Å². The molecule has 1 aliphatic heterocycles. The van der Waals surface area contributed by atoms with Crippen molar-refractivity contribution in [2.75, 3.05) is 20.2 Å². The molecule has 2 N–H and O–H groups in total. The van der Waals surface area contributed by atoms with Crippen molar-refractivity contribution in [2.24, 2.45) is 0 Å². The van der Waals surface area contributed by atoms with Gasteiger partial charge in [-0.25, -0.2) is 0 Å². The molecule has 1 heterocycles. The number of phenols is 1. The zero-order valence-corrected chi connectivity index (χ0v) is 16.6. The van der Waals surface area contributed by atoms with Crippen molar-refractivity contribution in [3.05, 3.63) is 71.8 Å². The first kappa shape index (κ1) is 19.3. The number of ether oxygens (including phenoxy) is 1. The quantitative estimate of drug-likeness (QED) is 0.693. The molecule has 3 aromatic carbocycles. The highest BCUT2D eigenvalue weighted by molar-refractivity contribution is 5.94. The summed E-state index contributed by atoms with van der Waals surface area (Å²) < 4.78 is 5.36. The summed E-state index contributed by atoms with van der Waals surface area (Å²) in [6, 6.07) is 19.1. The monoisotopic (exact) mass is 390 g/mol. The molecule has 1 saturated heterocycles. The fourth-order valence-corrected chi connectivity index (χ4v) is 3.96. The Kier molecular flexibility index (Phi) is 5.67. The van der Waals surface area contributed by atoms with E-state index < -0.39 is 0 Å². The molecule has 0 radical (unpaired) electrons. The first-order valence-electron chi connectivity index (χ1n) is 10.0. The standard InChI is InChI=1S/C24H26N2O3/c1-29-20-9-7-17-8-10-23(27)22(21(17)15-20)16-26-13-11-19(12-14-26)25-24(28)18-5-3-2-4-6-18/h2-10,15,19,27H,11-14,16H2,1H3,(H,25,28). The summed E-state index contributed by atoms with van der Waals surface area (Å²) in [7, 11) is 1.65. The van der Waals surface area contributed by atoms with Crippen LogP contribution in [-0.2, 0) is 6.54 Å². The van der Waals surface area contributed by atoms with Crippen LogP contribution in [0.15, 0.2) is 60.7 Å². The SMILES string of the molecule is COc1ccc2ccc(O)c(CN3CCC(NC(=O)c4ccccc4)CC3)c2c1. The topological polar surface area (TPSA) is 61.8 Å². The number of aromatic hydroxyl groups is 1. The van der Waals surface area contributed by atoms with Crippen molar-refractivity contribution >= 4 is 16.7 Å². The number of rotatable bonds is 5. The number of likely N-dealkylation sites (tertiary alicyclic amines) is 1. The van der Waals surface area contributed by atoms with Gasteiger partial charge in [0.25, 0.3) is 5.91 Å². The first-order valence-corrected chi connectivity index (χ1v) is 10.0. The minimum Gasteiger partial charge on any atom is -0.508 e. The number of methoxy groups -OCH3 is 1. The number of nitrogens with one attached hydrogen (secondary N) is 1. The highest BCUT2D eigenvalue weighted by Gasteiger charge is 2.22. The van der Waals surface area contributed by atoms with Crippen LogP contribution in [0, 0.1) is 0 Å². The summed E-state index contributed by atoms with van der Waals surface area (Å²) in [4.78, 5) is 14.7. The molecule has 1 aliphatic rings. The minimum atomic E-state index is -0.0113. The van der Waals surface area contributed by atoms with E-state index in [2.05, 4.69) is 10.2 Å². The van der Waals surface area contributed by atoms with Crippen molar-refractivity contribution in [1.82, 2.24) is 10.2 Å². The summed E-state index contributed by atoms with van der Waals surface area (Å²) in [5.74, 6) is 1.08. The molecule has 0 aliphatic carbocycles. The molecule has 1 fully saturated rings. The maximum Gasteiger partial charge on any atom is 0.251 e. The smallest absolute Gasteiger partial charge is 0.251 e. The van der Waals surface area contributed by atoms with Crippen molar-refractivity contribution in [1.29, 1.82) is 0 Å². The van der Waals surface area contributed by atoms with Crippen molar-refractivity contribution in [2.45, 2.75) is 25.4 Å². The van der Waals surface area contributed by atoms with Crippen LogP contribution in [0.2, 0.25) is 0 Å². The van der Waals surface area contributed by atoms with E-state index in [9.17, 15) is 9.90 Å². The number of carbonyl (C=O) groups excluding carboxylic acids is 1. The molecule has 0 bridgehead atoms. The van der Waals surface area contributed by atoms with Gasteiger partial charge in [-0.15, -0.1) is 0 Å². The number of nitrogens with zero attached hydrogens (tertiary/aromatic N) is 1. The average Bonchev–Trinajstić information content (AvgIpc) is 2.77. The summed E-state index contributed by atoms with van der Waals surface area (Å²) >= 11 is 0. The van der Waals surface area contributed by atoms with Gasteiger partial charge in [-0.3, -0.25) is 9.69 Å². The second-order valence-electron chi connectivity index (χ2n) is 7.54. The Morgan fingerprint density at radius 3 is 2.55 bits per heavy atom. The van der Waals surface area contributed by atoms with Gasteiger partial charge in [0.1, 0.15) is 11.5 Å². The molecule has 0 spiro atoms. The Morgan fingerprint density at radius 1 is 1.10 bits per heavy atom. The van der Waals surface area contributed by atoms with Gasteiger partial charge < -0.3 is 15.2 Å². The number of carbonyl (C=O) groups is 1. The van der Waals surface area contributed by atoms with Gasteiger partial charge in [0.2, 0.25) is 0 Å². The highest BCUT2D eigenvalue weighted by atomic mass is 16.5. The molecule has 5 heteroatoms. The molecule has 5 nitrogen and oxygen atoms in total. The predicted molar refractivity (Wildman–Crippen MR) is 114 cm³/mol. The van der Waals surface area contributed by atoms with Crippen LogP contribution in [0.5, 0.6) is 11.5 Å². The molecule has 0 saturated carbocycles. The Balaban J connectivity index is 1.41. The first-order chi connectivity index (χ1) is 14.1. The van der Waals surface area contributed by atoms with E-state index in [1.807, 2.05) is 54.6 Å². The third-order valence-electron chi connectivity index (χ3n) is 5.66. The number of amides is 1. The molecule has 150 valence electrons. The van der Waals surface area contributed by atoms with Crippen LogP contribution >= 0.6 is 0 Å². The lowest BCUT2D eigenvalue weighted by molar-refractivity contribution is 0.0909. The van der Waals surface area contributed by atoms with Crippen molar-refractivity contribution in [3.8, 4) is 11.5 Å². The highest BCUT2D eigenvalue weighted by Crippen LogP contribution is 2.31. The van der Waals surface area contributed by atoms with Crippen LogP contribution in [0.4, 0.5) is 0 Å². The summed E-state index contributed by atoms with van der Waals surface area (Å²) in [6.45, 7) is 2.43. The average molecular weight is 390 g/mol. The van der Waals surface area contributed by atoms with Gasteiger partial charge in [-0.2, -0.15) is 0 Å². The molecule has 0 unspecified atom stereocenters. The van der Waals surface area contributed by atoms with Gasteiger partial charge in [0, 0.05) is 36.8 Å². The molecule has 3 aromatic rings. The number of benzene rings is 3. The predicted octanol–water partition coefficient (Wildman–Crippen LogP) is 3.95. The van der Waals surface area contributed by atoms with Gasteiger partial charge >= 0.3 is 0 Å². The van der Waals surface area contributed by atoms with Crippen molar-refractivity contribution < 1.29 is 14.6 Å². The van der Waals surface area contributed by atoms with E-state index in [0.29, 0.717) is 17.9 Å². The summed E-state index contributed by atoms with van der Waals surface area (Å²) in [5.41, 5.74) is 1.62. The van der Waals surface area contributed by atoms with Crippen LogP contribution in [0.3, 0.4) is 0 Å². The normalized spacial score (nSPS) is 15.3. The third kappa shape index (κ3) is 4.35. The zero-order chi connectivity index (χ0) is 20.2. The maximum absolute atomic E-state index is 12.4. The van der Waals surface area contributed by atoms with Crippen LogP contribution < -0.4 is 10.1 Å². The van der Waals surface area contributed by atoms with E-state index in [-0.39, 0.29) is 11.9 Å². The van der Waals surface area contributed by atoms with E-state index >= 15 is 0 Å². The van der Waals surface area contributed by atoms with Crippen LogP contribution in [0.25, 0.3) is 10.8 Å². The van der Waals surface area contributed by atoms with E-state index in [1.54, 1.807) is 13.2 Å². The Labute approximate surface area is 170 Å². The number of hydrogen-bond donors (Lipinski definition) is 2. The number of fused-ring (bicyclic) bond motifs is 1. The van der Waals surface area contributed by atoms with Gasteiger partial charge in [0.15, 0.2) is 0 Å². The van der Waals surface area contributed by atoms with E-state index in [4.69, 9.17) is 4.74 Å². The molecule has 1 amide bonds. The Bertz CT molecular complexity index is 996. The van der Waals surface area contributed by atoms with Crippen LogP contribution in [-0.4, -0.2) is 42.2 Å². The molecular weight excluding hydrogens is 364 g/mol. The maximum atomic E-state index is 12.4.